The number of aromatic amines is 1. The van der Waals surface area contributed by atoms with Crippen molar-refractivity contribution in [2.75, 3.05) is 78.5 Å². The van der Waals surface area contributed by atoms with Gasteiger partial charge in [0.1, 0.15) is 5.82 Å². The third kappa shape index (κ3) is 8.79. The highest BCUT2D eigenvalue weighted by Crippen LogP contribution is 2.27. The molecule has 4 heterocycles. The number of amides is 3. The molecular weight excluding hydrogens is 675 g/mol. The van der Waals surface area contributed by atoms with Crippen molar-refractivity contribution in [1.82, 2.24) is 34.7 Å². The second-order valence-corrected chi connectivity index (χ2v) is 15.5. The Morgan fingerprint density at radius 2 is 1.45 bits per heavy atom. The van der Waals surface area contributed by atoms with Crippen LogP contribution in [0.1, 0.15) is 66.6 Å². The number of H-pyrrole nitrogens is 1. The summed E-state index contributed by atoms with van der Waals surface area (Å²) in [5.41, 5.74) is 7.48. The first-order chi connectivity index (χ1) is 25.7. The number of likely N-dealkylation sites (tertiary alicyclic amines) is 1. The topological polar surface area (TPSA) is 139 Å². The molecule has 3 N–H and O–H groups in total. The van der Waals surface area contributed by atoms with E-state index >= 15 is 0 Å². The van der Waals surface area contributed by atoms with Crippen molar-refractivity contribution >= 4 is 28.5 Å². The summed E-state index contributed by atoms with van der Waals surface area (Å²) in [6.07, 6.45) is 8.19. The lowest BCUT2D eigenvalue weighted by Gasteiger charge is -2.40. The zero-order chi connectivity index (χ0) is 36.9. The molecule has 3 aliphatic heterocycles. The maximum atomic E-state index is 15.0. The molecule has 4 fully saturated rings. The number of piperazine rings is 2. The van der Waals surface area contributed by atoms with Crippen LogP contribution in [0.25, 0.3) is 10.8 Å². The lowest BCUT2D eigenvalue weighted by atomic mass is 9.83. The number of hydrogen-bond acceptors (Lipinski definition) is 8. The summed E-state index contributed by atoms with van der Waals surface area (Å²) >= 11 is 0. The van der Waals surface area contributed by atoms with E-state index in [1.54, 1.807) is 29.2 Å². The highest BCUT2D eigenvalue weighted by Gasteiger charge is 2.33. The molecule has 1 aliphatic carbocycles. The van der Waals surface area contributed by atoms with E-state index < -0.39 is 11.7 Å². The third-order valence-electron chi connectivity index (χ3n) is 12.0. The van der Waals surface area contributed by atoms with Gasteiger partial charge in [0.15, 0.2) is 0 Å². The van der Waals surface area contributed by atoms with Crippen LogP contribution >= 0.6 is 0 Å². The number of carbonyl (C=O) groups excluding carboxylic acids is 3. The van der Waals surface area contributed by atoms with Crippen LogP contribution < -0.4 is 11.3 Å². The molecule has 13 heteroatoms. The molecule has 0 radical (unpaired) electrons. The number of nitrogens with one attached hydrogen (secondary N) is 1. The van der Waals surface area contributed by atoms with Gasteiger partial charge in [0, 0.05) is 70.7 Å². The Balaban J connectivity index is 0.829. The van der Waals surface area contributed by atoms with E-state index in [0.717, 1.165) is 71.5 Å². The molecule has 284 valence electrons. The minimum Gasteiger partial charge on any atom is -0.339 e. The molecule has 53 heavy (non-hydrogen) atoms. The normalized spacial score (nSPS) is 20.5. The molecule has 0 bridgehead atoms. The van der Waals surface area contributed by atoms with E-state index in [1.807, 2.05) is 21.9 Å². The molecule has 0 unspecified atom stereocenters. The van der Waals surface area contributed by atoms with Gasteiger partial charge in [-0.25, -0.2) is 9.49 Å². The number of nitrogens with two attached hydrogens (primary N) is 1. The first kappa shape index (κ1) is 37.1. The standard InChI is InChI=1S/C40H53FN8O4/c41-34-11-10-29(25-35-31-8-4-5-9-32(31)38(51)44-43-35)24-33(34)39(52)48-22-20-47(21-23-48)36(50)27-45-14-12-28(13-15-45)26-46-16-18-49(19-17-46)40(53)37(42)30-6-2-1-3-7-30/h4-5,8-11,24,28,30,37H,1-3,6-7,12-23,25-27,42H2,(H,44,51)/t37-/m1/s1. The van der Waals surface area contributed by atoms with Crippen LogP contribution in [-0.2, 0) is 16.0 Å². The van der Waals surface area contributed by atoms with Crippen LogP contribution in [0, 0.1) is 17.7 Å². The number of fused-ring (bicyclic) bond motifs is 1. The third-order valence-corrected chi connectivity index (χ3v) is 12.0. The van der Waals surface area contributed by atoms with Gasteiger partial charge in [-0.15, -0.1) is 0 Å². The van der Waals surface area contributed by atoms with Crippen molar-refractivity contribution in [3.05, 3.63) is 75.5 Å². The summed E-state index contributed by atoms with van der Waals surface area (Å²) in [7, 11) is 0. The van der Waals surface area contributed by atoms with Gasteiger partial charge in [-0.05, 0) is 74.4 Å². The van der Waals surface area contributed by atoms with Crippen LogP contribution in [0.2, 0.25) is 0 Å². The Kier molecular flexibility index (Phi) is 11.8. The summed E-state index contributed by atoms with van der Waals surface area (Å²) in [5.74, 6) is 0.127. The fraction of sp³-hybridized carbons (Fsp3) is 0.575. The monoisotopic (exact) mass is 728 g/mol. The molecule has 3 saturated heterocycles. The molecular formula is C40H53FN8O4. The quantitative estimate of drug-likeness (QED) is 0.343. The van der Waals surface area contributed by atoms with Gasteiger partial charge in [0.2, 0.25) is 11.8 Å². The van der Waals surface area contributed by atoms with Crippen LogP contribution in [0.4, 0.5) is 4.39 Å². The predicted octanol–water partition coefficient (Wildman–Crippen LogP) is 2.70. The number of hydrogen-bond donors (Lipinski definition) is 2. The molecule has 7 rings (SSSR count). The Morgan fingerprint density at radius 3 is 2.17 bits per heavy atom. The van der Waals surface area contributed by atoms with Crippen molar-refractivity contribution in [3.63, 3.8) is 0 Å². The highest BCUT2D eigenvalue weighted by molar-refractivity contribution is 5.95. The van der Waals surface area contributed by atoms with E-state index in [-0.39, 0.29) is 29.0 Å². The number of nitrogens with zero attached hydrogens (tertiary/aromatic N) is 6. The van der Waals surface area contributed by atoms with Gasteiger partial charge in [0.25, 0.3) is 11.5 Å². The molecule has 3 amide bonds. The lowest BCUT2D eigenvalue weighted by molar-refractivity contribution is -0.136. The maximum Gasteiger partial charge on any atom is 0.272 e. The molecule has 2 aromatic carbocycles. The molecule has 1 saturated carbocycles. The van der Waals surface area contributed by atoms with Crippen molar-refractivity contribution in [2.45, 2.75) is 57.4 Å². The van der Waals surface area contributed by atoms with Crippen LogP contribution in [-0.4, -0.2) is 137 Å². The zero-order valence-electron chi connectivity index (χ0n) is 30.7. The minimum atomic E-state index is -0.591. The van der Waals surface area contributed by atoms with E-state index in [9.17, 15) is 23.6 Å². The molecule has 1 atom stereocenters. The summed E-state index contributed by atoms with van der Waals surface area (Å²) < 4.78 is 15.0. The van der Waals surface area contributed by atoms with Crippen molar-refractivity contribution in [3.8, 4) is 0 Å². The van der Waals surface area contributed by atoms with E-state index in [2.05, 4.69) is 20.0 Å². The van der Waals surface area contributed by atoms with Gasteiger partial charge in [-0.1, -0.05) is 43.5 Å². The molecule has 0 spiro atoms. The van der Waals surface area contributed by atoms with Gasteiger partial charge in [-0.3, -0.25) is 29.0 Å². The first-order valence-corrected chi connectivity index (χ1v) is 19.5. The highest BCUT2D eigenvalue weighted by atomic mass is 19.1. The largest absolute Gasteiger partial charge is 0.339 e. The Bertz CT molecular complexity index is 1820. The summed E-state index contributed by atoms with van der Waals surface area (Å²) in [4.78, 5) is 62.1. The van der Waals surface area contributed by atoms with Crippen LogP contribution in [0.3, 0.4) is 0 Å². The van der Waals surface area contributed by atoms with Crippen molar-refractivity contribution in [2.24, 2.45) is 17.6 Å². The Morgan fingerprint density at radius 1 is 0.792 bits per heavy atom. The van der Waals surface area contributed by atoms with Gasteiger partial charge in [-0.2, -0.15) is 5.10 Å². The van der Waals surface area contributed by atoms with Crippen LogP contribution in [0.15, 0.2) is 47.3 Å². The van der Waals surface area contributed by atoms with Crippen LogP contribution in [0.5, 0.6) is 0 Å². The average molecular weight is 729 g/mol. The zero-order valence-corrected chi connectivity index (χ0v) is 30.7. The van der Waals surface area contributed by atoms with Gasteiger partial charge in [0.05, 0.1) is 29.2 Å². The van der Waals surface area contributed by atoms with E-state index in [1.165, 1.54) is 25.3 Å². The number of piperidine rings is 1. The minimum absolute atomic E-state index is 0.00638. The Labute approximate surface area is 310 Å². The van der Waals surface area contributed by atoms with E-state index in [4.69, 9.17) is 5.73 Å². The van der Waals surface area contributed by atoms with Gasteiger partial charge >= 0.3 is 0 Å². The molecule has 3 aromatic rings. The maximum absolute atomic E-state index is 15.0. The predicted molar refractivity (Wildman–Crippen MR) is 201 cm³/mol. The second kappa shape index (κ2) is 16.9. The number of halogens is 1. The van der Waals surface area contributed by atoms with Crippen molar-refractivity contribution < 1.29 is 18.8 Å². The number of aromatic nitrogens is 2. The first-order valence-electron chi connectivity index (χ1n) is 19.5. The fourth-order valence-corrected chi connectivity index (χ4v) is 8.72. The lowest BCUT2D eigenvalue weighted by Crippen LogP contribution is -2.56. The number of benzene rings is 2. The Hall–Kier alpha value is -4.20. The summed E-state index contributed by atoms with van der Waals surface area (Å²) in [6.45, 7) is 7.94. The van der Waals surface area contributed by atoms with E-state index in [0.29, 0.717) is 73.0 Å². The molecule has 12 nitrogen and oxygen atoms in total. The van der Waals surface area contributed by atoms with Crippen molar-refractivity contribution in [1.29, 1.82) is 0 Å². The molecule has 4 aliphatic rings. The summed E-state index contributed by atoms with van der Waals surface area (Å²) in [6, 6.07) is 11.3. The fourth-order valence-electron chi connectivity index (χ4n) is 8.72. The van der Waals surface area contributed by atoms with Gasteiger partial charge < -0.3 is 20.4 Å². The second-order valence-electron chi connectivity index (χ2n) is 15.5. The number of rotatable bonds is 9. The SMILES string of the molecule is N[C@@H](C(=O)N1CCN(CC2CCN(CC(=O)N3CCN(C(=O)c4cc(Cc5n[nH]c(=O)c6ccccc56)ccc4F)CC3)CC2)CC1)C1CCCCC1. The average Bonchev–Trinajstić information content (AvgIpc) is 3.20. The summed E-state index contributed by atoms with van der Waals surface area (Å²) in [5, 5.41) is 7.99. The number of carbonyl (C=O) groups is 3. The smallest absolute Gasteiger partial charge is 0.272 e. The molecule has 1 aromatic heterocycles.